The Labute approximate surface area is 220 Å². The molecule has 204 valence electrons. The molecule has 1 amide bonds. The van der Waals surface area contributed by atoms with Crippen molar-refractivity contribution >= 4 is 33.3 Å². The van der Waals surface area contributed by atoms with Gasteiger partial charge in [0.15, 0.2) is 17.6 Å². The van der Waals surface area contributed by atoms with E-state index in [-0.39, 0.29) is 30.5 Å². The van der Waals surface area contributed by atoms with E-state index in [1.165, 1.54) is 17.3 Å². The Hall–Kier alpha value is -3.68. The van der Waals surface area contributed by atoms with Gasteiger partial charge in [0, 0.05) is 24.3 Å². The van der Waals surface area contributed by atoms with Crippen LogP contribution in [-0.2, 0) is 33.9 Å². The standard InChI is InChI=1S/C25H29N3O9S/c1-16-4-6-20(13-23(16)38(31,32)28-8-10-33-11-9-28)26-25(30)18(3)37-24(29)14-36-27-17(2)19-5-7-21-22(12-19)35-15-34-21/h4-7,12-13,18H,8-11,14-15H2,1-3H3,(H,26,30)/b27-17-. The number of fused-ring (bicyclic) bond motifs is 1. The zero-order valence-electron chi connectivity index (χ0n) is 21.3. The van der Waals surface area contributed by atoms with Crippen molar-refractivity contribution in [1.82, 2.24) is 4.31 Å². The lowest BCUT2D eigenvalue weighted by Crippen LogP contribution is -2.40. The molecule has 0 spiro atoms. The van der Waals surface area contributed by atoms with Crippen molar-refractivity contribution in [3.63, 3.8) is 0 Å². The normalized spacial score (nSPS) is 16.6. The molecule has 2 heterocycles. The first-order valence-corrected chi connectivity index (χ1v) is 13.3. The number of benzene rings is 2. The molecule has 2 aliphatic heterocycles. The Morgan fingerprint density at radius 3 is 2.61 bits per heavy atom. The molecule has 0 bridgehead atoms. The van der Waals surface area contributed by atoms with Gasteiger partial charge in [-0.1, -0.05) is 11.2 Å². The summed E-state index contributed by atoms with van der Waals surface area (Å²) in [5.41, 5.74) is 2.03. The number of carbonyl (C=O) groups excluding carboxylic acids is 2. The number of anilines is 1. The number of rotatable bonds is 9. The van der Waals surface area contributed by atoms with E-state index in [4.69, 9.17) is 23.8 Å². The number of amides is 1. The van der Waals surface area contributed by atoms with Gasteiger partial charge in [-0.3, -0.25) is 4.79 Å². The summed E-state index contributed by atoms with van der Waals surface area (Å²) in [5, 5.41) is 6.50. The monoisotopic (exact) mass is 547 g/mol. The van der Waals surface area contributed by atoms with Crippen molar-refractivity contribution in [2.75, 3.05) is 45.0 Å². The summed E-state index contributed by atoms with van der Waals surface area (Å²) in [7, 11) is -3.76. The highest BCUT2D eigenvalue weighted by molar-refractivity contribution is 7.89. The number of nitrogens with one attached hydrogen (secondary N) is 1. The average molecular weight is 548 g/mol. The predicted octanol–water partition coefficient (Wildman–Crippen LogP) is 2.06. The molecule has 2 aromatic rings. The van der Waals surface area contributed by atoms with E-state index in [9.17, 15) is 18.0 Å². The highest BCUT2D eigenvalue weighted by Gasteiger charge is 2.28. The third-order valence-corrected chi connectivity index (χ3v) is 7.94. The highest BCUT2D eigenvalue weighted by atomic mass is 32.2. The summed E-state index contributed by atoms with van der Waals surface area (Å²) < 4.78 is 48.4. The molecule has 1 N–H and O–H groups in total. The molecular formula is C25H29N3O9S. The summed E-state index contributed by atoms with van der Waals surface area (Å²) in [6.45, 7) is 5.59. The highest BCUT2D eigenvalue weighted by Crippen LogP contribution is 2.32. The third-order valence-electron chi connectivity index (χ3n) is 5.90. The number of carbonyl (C=O) groups is 2. The van der Waals surface area contributed by atoms with Crippen LogP contribution in [0.1, 0.15) is 25.0 Å². The number of ether oxygens (including phenoxy) is 4. The fraction of sp³-hybridized carbons (Fsp3) is 0.400. The van der Waals surface area contributed by atoms with E-state index in [0.717, 1.165) is 5.56 Å². The molecule has 0 radical (unpaired) electrons. The van der Waals surface area contributed by atoms with Gasteiger partial charge >= 0.3 is 5.97 Å². The van der Waals surface area contributed by atoms with Crippen molar-refractivity contribution in [2.24, 2.45) is 5.16 Å². The number of sulfonamides is 1. The van der Waals surface area contributed by atoms with Gasteiger partial charge in [0.2, 0.25) is 23.4 Å². The SMILES string of the molecule is C/C(=N/OCC(=O)OC(C)C(=O)Nc1ccc(C)c(S(=O)(=O)N2CCOCC2)c1)c1ccc2c(c1)OCO2. The fourth-order valence-corrected chi connectivity index (χ4v) is 5.43. The van der Waals surface area contributed by atoms with Gasteiger partial charge in [-0.05, 0) is 56.7 Å². The van der Waals surface area contributed by atoms with Gasteiger partial charge < -0.3 is 29.1 Å². The van der Waals surface area contributed by atoms with Crippen molar-refractivity contribution < 1.29 is 41.8 Å². The average Bonchev–Trinajstić information content (AvgIpc) is 3.38. The number of morpholine rings is 1. The molecule has 2 aromatic carbocycles. The minimum Gasteiger partial charge on any atom is -0.454 e. The Morgan fingerprint density at radius 2 is 1.84 bits per heavy atom. The molecule has 1 fully saturated rings. The van der Waals surface area contributed by atoms with Gasteiger partial charge in [0.05, 0.1) is 23.8 Å². The van der Waals surface area contributed by atoms with Gasteiger partial charge in [-0.25, -0.2) is 13.2 Å². The molecule has 0 saturated carbocycles. The minimum atomic E-state index is -3.76. The van der Waals surface area contributed by atoms with Crippen molar-refractivity contribution in [2.45, 2.75) is 31.8 Å². The van der Waals surface area contributed by atoms with Crippen LogP contribution >= 0.6 is 0 Å². The number of hydrogen-bond acceptors (Lipinski definition) is 10. The van der Waals surface area contributed by atoms with Crippen molar-refractivity contribution in [1.29, 1.82) is 0 Å². The zero-order chi connectivity index (χ0) is 27.3. The van der Waals surface area contributed by atoms with Crippen LogP contribution in [0.3, 0.4) is 0 Å². The largest absolute Gasteiger partial charge is 0.454 e. The summed E-state index contributed by atoms with van der Waals surface area (Å²) in [6.07, 6.45) is -1.16. The summed E-state index contributed by atoms with van der Waals surface area (Å²) in [4.78, 5) is 29.9. The molecule has 13 heteroatoms. The topological polar surface area (TPSA) is 142 Å². The van der Waals surface area contributed by atoms with Gasteiger partial charge in [-0.2, -0.15) is 4.31 Å². The van der Waals surface area contributed by atoms with E-state index in [1.54, 1.807) is 44.2 Å². The first-order chi connectivity index (χ1) is 18.1. The Morgan fingerprint density at radius 1 is 1.11 bits per heavy atom. The quantitative estimate of drug-likeness (QED) is 0.284. The molecule has 0 aromatic heterocycles. The molecular weight excluding hydrogens is 518 g/mol. The lowest BCUT2D eigenvalue weighted by Gasteiger charge is -2.27. The van der Waals surface area contributed by atoms with Crippen molar-refractivity contribution in [3.05, 3.63) is 47.5 Å². The maximum Gasteiger partial charge on any atom is 0.347 e. The fourth-order valence-electron chi connectivity index (χ4n) is 3.77. The Balaban J connectivity index is 1.30. The Bertz CT molecular complexity index is 1340. The van der Waals surface area contributed by atoms with Crippen LogP contribution < -0.4 is 14.8 Å². The third kappa shape index (κ3) is 6.41. The second-order valence-corrected chi connectivity index (χ2v) is 10.5. The van der Waals surface area contributed by atoms with E-state index in [0.29, 0.717) is 36.0 Å². The van der Waals surface area contributed by atoms with Crippen LogP contribution in [-0.4, -0.2) is 76.1 Å². The van der Waals surface area contributed by atoms with E-state index < -0.39 is 34.6 Å². The van der Waals surface area contributed by atoms with E-state index in [1.807, 2.05) is 0 Å². The van der Waals surface area contributed by atoms with E-state index >= 15 is 0 Å². The first-order valence-electron chi connectivity index (χ1n) is 11.9. The molecule has 2 aliphatic rings. The van der Waals surface area contributed by atoms with Crippen LogP contribution in [0, 0.1) is 6.92 Å². The zero-order valence-corrected chi connectivity index (χ0v) is 22.1. The minimum absolute atomic E-state index is 0.0888. The van der Waals surface area contributed by atoms with Crippen LogP contribution in [0.25, 0.3) is 0 Å². The van der Waals surface area contributed by atoms with Crippen LogP contribution in [0.5, 0.6) is 11.5 Å². The van der Waals surface area contributed by atoms with Gasteiger partial charge in [0.25, 0.3) is 5.91 Å². The summed E-state index contributed by atoms with van der Waals surface area (Å²) in [6, 6.07) is 9.86. The van der Waals surface area contributed by atoms with Gasteiger partial charge in [0.1, 0.15) is 0 Å². The van der Waals surface area contributed by atoms with Crippen molar-refractivity contribution in [3.8, 4) is 11.5 Å². The lowest BCUT2D eigenvalue weighted by atomic mass is 10.1. The molecule has 4 rings (SSSR count). The van der Waals surface area contributed by atoms with Crippen LogP contribution in [0.15, 0.2) is 46.4 Å². The summed E-state index contributed by atoms with van der Waals surface area (Å²) >= 11 is 0. The lowest BCUT2D eigenvalue weighted by molar-refractivity contribution is -0.157. The van der Waals surface area contributed by atoms with E-state index in [2.05, 4.69) is 10.5 Å². The second kappa shape index (κ2) is 11.8. The van der Waals surface area contributed by atoms with Gasteiger partial charge in [-0.15, -0.1) is 0 Å². The Kier molecular flexibility index (Phi) is 8.49. The molecule has 0 aliphatic carbocycles. The number of esters is 1. The predicted molar refractivity (Wildman–Crippen MR) is 136 cm³/mol. The number of oxime groups is 1. The van der Waals surface area contributed by atoms with Crippen LogP contribution in [0.2, 0.25) is 0 Å². The molecule has 38 heavy (non-hydrogen) atoms. The number of hydrogen-bond donors (Lipinski definition) is 1. The molecule has 1 saturated heterocycles. The maximum absolute atomic E-state index is 13.1. The maximum atomic E-state index is 13.1. The first kappa shape index (κ1) is 27.4. The smallest absolute Gasteiger partial charge is 0.347 e. The van der Waals surface area contributed by atoms with Crippen LogP contribution in [0.4, 0.5) is 5.69 Å². The number of aryl methyl sites for hydroxylation is 1. The molecule has 1 atom stereocenters. The second-order valence-electron chi connectivity index (χ2n) is 8.64. The molecule has 1 unspecified atom stereocenters. The number of nitrogens with zero attached hydrogens (tertiary/aromatic N) is 2. The molecule has 12 nitrogen and oxygen atoms in total. The summed E-state index contributed by atoms with van der Waals surface area (Å²) in [5.74, 6) is -0.194.